The zero-order valence-electron chi connectivity index (χ0n) is 17.7. The zero-order valence-corrected chi connectivity index (χ0v) is 17.7. The summed E-state index contributed by atoms with van der Waals surface area (Å²) in [5, 5.41) is 109. The van der Waals surface area contributed by atoms with Crippen LogP contribution < -0.4 is 0 Å². The summed E-state index contributed by atoms with van der Waals surface area (Å²) >= 11 is 0. The zero-order chi connectivity index (χ0) is 25.3. The van der Waals surface area contributed by atoms with Crippen LogP contribution in [0.1, 0.15) is 0 Å². The molecule has 3 aliphatic rings. The van der Waals surface area contributed by atoms with Crippen LogP contribution in [0, 0.1) is 0 Å². The van der Waals surface area contributed by atoms with Crippen molar-refractivity contribution in [3.63, 3.8) is 0 Å². The number of aliphatic hydroxyl groups excluding tert-OH is 11. The maximum absolute atomic E-state index is 10.6. The van der Waals surface area contributed by atoms with Crippen molar-refractivity contribution in [2.24, 2.45) is 0 Å². The standard InChI is InChI=1S/C18H32O16/c19-1-4-7(22)8(23)12(27)17(31-4)34-15-6(3-21)32-18(13(28)10(15)25)33-14-5(2-20)30-16(29)11(26)9(14)24/h4-29H,1-3H2/t4-,5-,6-,7-,8+,9-,10-,11-,12+,13+,14-,15-,16?,17+,18+/m1/s1. The van der Waals surface area contributed by atoms with Crippen molar-refractivity contribution in [2.45, 2.75) is 92.1 Å². The van der Waals surface area contributed by atoms with Gasteiger partial charge in [0.1, 0.15) is 73.2 Å². The summed E-state index contributed by atoms with van der Waals surface area (Å²) in [7, 11) is 0. The van der Waals surface area contributed by atoms with Crippen LogP contribution >= 0.6 is 0 Å². The third kappa shape index (κ3) is 5.37. The lowest BCUT2D eigenvalue weighted by molar-refractivity contribution is -0.377. The molecular weight excluding hydrogens is 472 g/mol. The Morgan fingerprint density at radius 2 is 0.853 bits per heavy atom. The normalized spacial score (nSPS) is 52.5. The second-order valence-electron chi connectivity index (χ2n) is 8.33. The van der Waals surface area contributed by atoms with Gasteiger partial charge in [0.2, 0.25) is 0 Å². The van der Waals surface area contributed by atoms with Gasteiger partial charge >= 0.3 is 0 Å². The number of hydrogen-bond acceptors (Lipinski definition) is 16. The highest BCUT2D eigenvalue weighted by Crippen LogP contribution is 2.32. The molecule has 3 rings (SSSR count). The highest BCUT2D eigenvalue weighted by Gasteiger charge is 2.53. The van der Waals surface area contributed by atoms with Gasteiger partial charge in [0, 0.05) is 0 Å². The highest BCUT2D eigenvalue weighted by molar-refractivity contribution is 4.96. The Hall–Kier alpha value is -0.640. The predicted molar refractivity (Wildman–Crippen MR) is 101 cm³/mol. The molecule has 34 heavy (non-hydrogen) atoms. The molecule has 16 heteroatoms. The fourth-order valence-electron chi connectivity index (χ4n) is 4.06. The number of aliphatic hydroxyl groups is 11. The van der Waals surface area contributed by atoms with Gasteiger partial charge in [0.25, 0.3) is 0 Å². The summed E-state index contributed by atoms with van der Waals surface area (Å²) < 4.78 is 26.4. The van der Waals surface area contributed by atoms with Gasteiger partial charge in [0.15, 0.2) is 18.9 Å². The van der Waals surface area contributed by atoms with Crippen LogP contribution in [0.15, 0.2) is 0 Å². The van der Waals surface area contributed by atoms with Crippen LogP contribution in [0.25, 0.3) is 0 Å². The van der Waals surface area contributed by atoms with Crippen LogP contribution in [-0.4, -0.2) is 168 Å². The van der Waals surface area contributed by atoms with E-state index in [0.29, 0.717) is 0 Å². The van der Waals surface area contributed by atoms with E-state index in [9.17, 15) is 56.2 Å². The van der Waals surface area contributed by atoms with Gasteiger partial charge in [0.05, 0.1) is 19.8 Å². The lowest BCUT2D eigenvalue weighted by atomic mass is 9.96. The topological polar surface area (TPSA) is 269 Å². The van der Waals surface area contributed by atoms with Gasteiger partial charge in [-0.25, -0.2) is 0 Å². The lowest BCUT2D eigenvalue weighted by Gasteiger charge is -2.47. The van der Waals surface area contributed by atoms with E-state index in [2.05, 4.69) is 0 Å². The molecule has 3 fully saturated rings. The summed E-state index contributed by atoms with van der Waals surface area (Å²) in [5.41, 5.74) is 0. The number of hydrogen-bond donors (Lipinski definition) is 11. The fraction of sp³-hybridized carbons (Fsp3) is 1.00. The average Bonchev–Trinajstić information content (AvgIpc) is 2.83. The Morgan fingerprint density at radius 1 is 0.441 bits per heavy atom. The van der Waals surface area contributed by atoms with E-state index in [1.54, 1.807) is 0 Å². The molecule has 15 atom stereocenters. The molecule has 0 aromatic rings. The molecule has 1 unspecified atom stereocenters. The fourth-order valence-corrected chi connectivity index (χ4v) is 4.06. The van der Waals surface area contributed by atoms with Gasteiger partial charge in [-0.05, 0) is 0 Å². The molecule has 200 valence electrons. The monoisotopic (exact) mass is 504 g/mol. The third-order valence-electron chi connectivity index (χ3n) is 6.09. The summed E-state index contributed by atoms with van der Waals surface area (Å²) in [5.74, 6) is 0. The molecule has 16 nitrogen and oxygen atoms in total. The predicted octanol–water partition coefficient (Wildman–Crippen LogP) is -7.57. The largest absolute Gasteiger partial charge is 0.394 e. The van der Waals surface area contributed by atoms with Gasteiger partial charge in [-0.1, -0.05) is 0 Å². The summed E-state index contributed by atoms with van der Waals surface area (Å²) in [4.78, 5) is 0. The molecular formula is C18H32O16. The van der Waals surface area contributed by atoms with E-state index in [1.165, 1.54) is 0 Å². The van der Waals surface area contributed by atoms with Crippen molar-refractivity contribution in [3.8, 4) is 0 Å². The third-order valence-corrected chi connectivity index (χ3v) is 6.09. The second-order valence-corrected chi connectivity index (χ2v) is 8.33. The molecule has 0 bridgehead atoms. The van der Waals surface area contributed by atoms with Crippen LogP contribution in [0.3, 0.4) is 0 Å². The lowest BCUT2D eigenvalue weighted by Crippen LogP contribution is -2.66. The molecule has 0 aliphatic carbocycles. The first-order chi connectivity index (χ1) is 16.0. The molecule has 0 aromatic heterocycles. The van der Waals surface area contributed by atoms with Gasteiger partial charge in [-0.2, -0.15) is 0 Å². The summed E-state index contributed by atoms with van der Waals surface area (Å²) in [6.45, 7) is -2.32. The Bertz CT molecular complexity index is 635. The van der Waals surface area contributed by atoms with Crippen LogP contribution in [-0.2, 0) is 23.7 Å². The summed E-state index contributed by atoms with van der Waals surface area (Å²) in [6.07, 6.45) is -25.1. The Labute approximate surface area is 192 Å². The first-order valence-corrected chi connectivity index (χ1v) is 10.6. The van der Waals surface area contributed by atoms with E-state index < -0.39 is 112 Å². The average molecular weight is 504 g/mol. The van der Waals surface area contributed by atoms with Crippen molar-refractivity contribution in [2.75, 3.05) is 19.8 Å². The number of ether oxygens (including phenoxy) is 5. The maximum Gasteiger partial charge on any atom is 0.187 e. The smallest absolute Gasteiger partial charge is 0.187 e. The van der Waals surface area contributed by atoms with Gasteiger partial charge in [-0.15, -0.1) is 0 Å². The van der Waals surface area contributed by atoms with Crippen LogP contribution in [0.4, 0.5) is 0 Å². The van der Waals surface area contributed by atoms with Gasteiger partial charge < -0.3 is 79.9 Å². The van der Waals surface area contributed by atoms with Crippen molar-refractivity contribution in [3.05, 3.63) is 0 Å². The van der Waals surface area contributed by atoms with Crippen LogP contribution in [0.5, 0.6) is 0 Å². The second kappa shape index (κ2) is 11.6. The van der Waals surface area contributed by atoms with Crippen molar-refractivity contribution in [1.29, 1.82) is 0 Å². The quantitative estimate of drug-likeness (QED) is 0.154. The molecule has 0 saturated carbocycles. The SMILES string of the molecule is OC[C@H]1O[C@@H](O[C@H]2[C@H](O)[C@H](O)[C@H](O[C@H]3[C@H](O)[C@@H](O)C(O)O[C@@H]3CO)O[C@@H]2CO)[C@@H](O)[C@@H](O)[C@@H]1O. The molecule has 3 heterocycles. The van der Waals surface area contributed by atoms with E-state index in [0.717, 1.165) is 0 Å². The van der Waals surface area contributed by atoms with E-state index >= 15 is 0 Å². The van der Waals surface area contributed by atoms with E-state index in [1.807, 2.05) is 0 Å². The van der Waals surface area contributed by atoms with Gasteiger partial charge in [-0.3, -0.25) is 0 Å². The van der Waals surface area contributed by atoms with E-state index in [-0.39, 0.29) is 0 Å². The Kier molecular flexibility index (Phi) is 9.54. The molecule has 0 amide bonds. The molecule has 11 N–H and O–H groups in total. The summed E-state index contributed by atoms with van der Waals surface area (Å²) in [6, 6.07) is 0. The Balaban J connectivity index is 1.72. The first kappa shape index (κ1) is 27.9. The minimum atomic E-state index is -1.91. The van der Waals surface area contributed by atoms with E-state index in [4.69, 9.17) is 23.7 Å². The highest BCUT2D eigenvalue weighted by atomic mass is 16.8. The molecule has 0 radical (unpaired) electrons. The van der Waals surface area contributed by atoms with Crippen LogP contribution in [0.2, 0.25) is 0 Å². The number of rotatable bonds is 7. The first-order valence-electron chi connectivity index (χ1n) is 10.6. The molecule has 0 spiro atoms. The maximum atomic E-state index is 10.6. The molecule has 0 aromatic carbocycles. The molecule has 3 saturated heterocycles. The van der Waals surface area contributed by atoms with Crippen molar-refractivity contribution < 1.29 is 79.9 Å². The minimum Gasteiger partial charge on any atom is -0.394 e. The molecule has 3 aliphatic heterocycles. The Morgan fingerprint density at radius 3 is 1.35 bits per heavy atom. The minimum absolute atomic E-state index is 0.741. The van der Waals surface area contributed by atoms with Crippen molar-refractivity contribution in [1.82, 2.24) is 0 Å². The van der Waals surface area contributed by atoms with Crippen molar-refractivity contribution >= 4 is 0 Å².